The van der Waals surface area contributed by atoms with Gasteiger partial charge in [0.15, 0.2) is 0 Å². The highest BCUT2D eigenvalue weighted by atomic mass is 14.8. The Labute approximate surface area is 98.7 Å². The third-order valence-electron chi connectivity index (χ3n) is 3.37. The van der Waals surface area contributed by atoms with Crippen LogP contribution in [-0.4, -0.2) is 4.98 Å². The van der Waals surface area contributed by atoms with E-state index in [4.69, 9.17) is 0 Å². The Kier molecular flexibility index (Phi) is 1.64. The van der Waals surface area contributed by atoms with Gasteiger partial charge in [0, 0.05) is 23.5 Å². The van der Waals surface area contributed by atoms with Crippen LogP contribution < -0.4 is 10.6 Å². The lowest BCUT2D eigenvalue weighted by Crippen LogP contribution is -2.18. The predicted octanol–water partition coefficient (Wildman–Crippen LogP) is 1.91. The summed E-state index contributed by atoms with van der Waals surface area (Å²) in [5, 5.41) is 2.38. The highest BCUT2D eigenvalue weighted by Gasteiger charge is 2.17. The van der Waals surface area contributed by atoms with E-state index >= 15 is 0 Å². The van der Waals surface area contributed by atoms with Crippen LogP contribution in [0.25, 0.3) is 17.2 Å². The zero-order valence-electron chi connectivity index (χ0n) is 9.22. The first-order chi connectivity index (χ1) is 8.43. The second-order valence-electron chi connectivity index (χ2n) is 4.33. The Hall–Kier alpha value is -2.22. The third-order valence-corrected chi connectivity index (χ3v) is 3.37. The summed E-state index contributed by atoms with van der Waals surface area (Å²) in [4.78, 5) is 8.86. The number of allylic oxidation sites excluding steroid dienone is 2. The number of rotatable bonds is 0. The van der Waals surface area contributed by atoms with Crippen molar-refractivity contribution in [2.24, 2.45) is 4.99 Å². The van der Waals surface area contributed by atoms with Crippen molar-refractivity contribution in [1.29, 1.82) is 0 Å². The van der Waals surface area contributed by atoms with Gasteiger partial charge in [0.1, 0.15) is 0 Å². The van der Waals surface area contributed by atoms with E-state index in [1.54, 1.807) is 6.20 Å². The van der Waals surface area contributed by atoms with Gasteiger partial charge in [-0.3, -0.25) is 4.98 Å². The number of aromatic nitrogens is 1. The van der Waals surface area contributed by atoms with Crippen LogP contribution in [0.3, 0.4) is 0 Å². The number of hydrogen-bond donors (Lipinski definition) is 0. The maximum atomic E-state index is 4.65. The Morgan fingerprint density at radius 2 is 2.12 bits per heavy atom. The number of benzene rings is 1. The highest BCUT2D eigenvalue weighted by Crippen LogP contribution is 2.32. The molecule has 1 aliphatic heterocycles. The topological polar surface area (TPSA) is 25.2 Å². The minimum Gasteiger partial charge on any atom is -0.264 e. The molecule has 1 aromatic carbocycles. The molecule has 0 amide bonds. The molecule has 0 fully saturated rings. The lowest BCUT2D eigenvalue weighted by molar-refractivity contribution is 1.21. The molecule has 0 N–H and O–H groups in total. The van der Waals surface area contributed by atoms with Gasteiger partial charge in [-0.05, 0) is 29.3 Å². The maximum Gasteiger partial charge on any atom is 0.0747 e. The number of fused-ring (bicyclic) bond motifs is 5. The largest absolute Gasteiger partial charge is 0.264 e. The minimum absolute atomic E-state index is 0.985. The van der Waals surface area contributed by atoms with Gasteiger partial charge in [0.05, 0.1) is 11.0 Å². The summed E-state index contributed by atoms with van der Waals surface area (Å²) in [6.45, 7) is 0. The molecule has 1 aromatic heterocycles. The lowest BCUT2D eigenvalue weighted by atomic mass is 9.94. The maximum absolute atomic E-state index is 4.65. The summed E-state index contributed by atoms with van der Waals surface area (Å²) < 4.78 is 0. The molecule has 2 nitrogen and oxygen atoms in total. The molecule has 2 aliphatic rings. The summed E-state index contributed by atoms with van der Waals surface area (Å²) in [5.74, 6) is 0. The average molecular weight is 218 g/mol. The Morgan fingerprint density at radius 3 is 3.12 bits per heavy atom. The molecular formula is C15H10N2. The van der Waals surface area contributed by atoms with Gasteiger partial charge in [-0.25, -0.2) is 4.99 Å². The molecule has 0 radical (unpaired) electrons. The SMILES string of the molecule is C1=CCc2c3c(ccc2=C1)=Nc1ccncc1-3. The standard InChI is InChI=1S/C15H10N2/c1-2-4-11-10(3-1)5-6-14-15(11)12-9-16-8-7-13(12)17-14/h1-3,5-9H,4H2. The van der Waals surface area contributed by atoms with E-state index in [0.29, 0.717) is 0 Å². The summed E-state index contributed by atoms with van der Waals surface area (Å²) in [5.41, 5.74) is 4.85. The number of hydrogen-bond acceptors (Lipinski definition) is 2. The molecule has 2 heterocycles. The summed E-state index contributed by atoms with van der Waals surface area (Å²) in [6.07, 6.45) is 11.2. The normalized spacial score (nSPS) is 14.4. The van der Waals surface area contributed by atoms with Crippen LogP contribution in [0.5, 0.6) is 0 Å². The summed E-state index contributed by atoms with van der Waals surface area (Å²) >= 11 is 0. The van der Waals surface area contributed by atoms with Crippen molar-refractivity contribution < 1.29 is 0 Å². The van der Waals surface area contributed by atoms with E-state index in [1.165, 1.54) is 21.9 Å². The van der Waals surface area contributed by atoms with E-state index in [-0.39, 0.29) is 0 Å². The summed E-state index contributed by atoms with van der Waals surface area (Å²) in [6, 6.07) is 6.23. The Morgan fingerprint density at radius 1 is 1.12 bits per heavy atom. The predicted molar refractivity (Wildman–Crippen MR) is 67.4 cm³/mol. The lowest BCUT2D eigenvalue weighted by Gasteiger charge is -2.08. The monoisotopic (exact) mass is 218 g/mol. The van der Waals surface area contributed by atoms with E-state index < -0.39 is 0 Å². The van der Waals surface area contributed by atoms with Crippen LogP contribution in [0.2, 0.25) is 0 Å². The van der Waals surface area contributed by atoms with Gasteiger partial charge < -0.3 is 0 Å². The van der Waals surface area contributed by atoms with Crippen molar-refractivity contribution in [2.45, 2.75) is 6.42 Å². The molecule has 2 aromatic rings. The zero-order chi connectivity index (χ0) is 11.2. The third kappa shape index (κ3) is 1.15. The van der Waals surface area contributed by atoms with Gasteiger partial charge in [-0.2, -0.15) is 0 Å². The van der Waals surface area contributed by atoms with E-state index in [9.17, 15) is 0 Å². The van der Waals surface area contributed by atoms with Gasteiger partial charge in [0.2, 0.25) is 0 Å². The fourth-order valence-corrected chi connectivity index (χ4v) is 2.59. The van der Waals surface area contributed by atoms with Gasteiger partial charge in [-0.15, -0.1) is 0 Å². The first kappa shape index (κ1) is 8.88. The first-order valence-electron chi connectivity index (χ1n) is 5.75. The van der Waals surface area contributed by atoms with E-state index in [0.717, 1.165) is 17.5 Å². The van der Waals surface area contributed by atoms with E-state index in [2.05, 4.69) is 40.3 Å². The second-order valence-corrected chi connectivity index (χ2v) is 4.33. The molecule has 17 heavy (non-hydrogen) atoms. The molecule has 1 aliphatic carbocycles. The molecular weight excluding hydrogens is 208 g/mol. The molecule has 0 atom stereocenters. The van der Waals surface area contributed by atoms with Crippen LogP contribution in [0, 0.1) is 0 Å². The zero-order valence-corrected chi connectivity index (χ0v) is 9.22. The van der Waals surface area contributed by atoms with Crippen LogP contribution in [-0.2, 0) is 6.42 Å². The summed E-state index contributed by atoms with van der Waals surface area (Å²) in [7, 11) is 0. The molecule has 2 heteroatoms. The van der Waals surface area contributed by atoms with Gasteiger partial charge in [-0.1, -0.05) is 24.3 Å². The van der Waals surface area contributed by atoms with Gasteiger partial charge >= 0.3 is 0 Å². The number of nitrogens with zero attached hydrogens (tertiary/aromatic N) is 2. The smallest absolute Gasteiger partial charge is 0.0747 e. The number of pyridine rings is 1. The Bertz CT molecular complexity index is 770. The van der Waals surface area contributed by atoms with Crippen molar-refractivity contribution in [3.05, 3.63) is 58.9 Å². The Balaban J connectivity index is 2.16. The van der Waals surface area contributed by atoms with Crippen LogP contribution in [0.15, 0.2) is 47.7 Å². The van der Waals surface area contributed by atoms with Crippen LogP contribution in [0.4, 0.5) is 5.69 Å². The molecule has 0 saturated carbocycles. The highest BCUT2D eigenvalue weighted by molar-refractivity contribution is 5.81. The fraction of sp³-hybridized carbons (Fsp3) is 0.0667. The van der Waals surface area contributed by atoms with E-state index in [1.807, 2.05) is 12.3 Å². The average Bonchev–Trinajstić information content (AvgIpc) is 2.77. The molecule has 4 rings (SSSR count). The molecule has 0 saturated heterocycles. The fourth-order valence-electron chi connectivity index (χ4n) is 2.59. The molecule has 0 spiro atoms. The van der Waals surface area contributed by atoms with Crippen molar-refractivity contribution >= 4 is 11.8 Å². The minimum atomic E-state index is 0.985. The molecule has 80 valence electrons. The molecule has 0 bridgehead atoms. The first-order valence-corrected chi connectivity index (χ1v) is 5.75. The quantitative estimate of drug-likeness (QED) is 0.566. The second kappa shape index (κ2) is 3.14. The van der Waals surface area contributed by atoms with Crippen molar-refractivity contribution in [3.63, 3.8) is 0 Å². The van der Waals surface area contributed by atoms with Crippen molar-refractivity contribution in [3.8, 4) is 11.1 Å². The van der Waals surface area contributed by atoms with Gasteiger partial charge in [0.25, 0.3) is 0 Å². The van der Waals surface area contributed by atoms with Crippen molar-refractivity contribution in [2.75, 3.05) is 0 Å². The molecule has 0 unspecified atom stereocenters. The van der Waals surface area contributed by atoms with Crippen LogP contribution >= 0.6 is 0 Å². The van der Waals surface area contributed by atoms with Crippen molar-refractivity contribution in [1.82, 2.24) is 4.98 Å². The van der Waals surface area contributed by atoms with Crippen LogP contribution in [0.1, 0.15) is 5.56 Å².